The number of hydrogen-bond acceptors (Lipinski definition) is 4. The van der Waals surface area contributed by atoms with E-state index >= 15 is 0 Å². The van der Waals surface area contributed by atoms with Gasteiger partial charge in [-0.05, 0) is 19.1 Å². The zero-order valence-electron chi connectivity index (χ0n) is 10.1. The second-order valence-corrected chi connectivity index (χ2v) is 4.07. The molecule has 2 rings (SSSR count). The lowest BCUT2D eigenvalue weighted by molar-refractivity contribution is -0.121. The molecule has 0 aliphatic carbocycles. The van der Waals surface area contributed by atoms with Crippen molar-refractivity contribution in [3.63, 3.8) is 0 Å². The SMILES string of the molecule is CC(N)C(=O)NN=CC1=Cc2ccccc2OC1. The van der Waals surface area contributed by atoms with Crippen molar-refractivity contribution in [2.24, 2.45) is 10.8 Å². The average molecular weight is 245 g/mol. The molecule has 0 bridgehead atoms. The summed E-state index contributed by atoms with van der Waals surface area (Å²) < 4.78 is 5.54. The molecule has 3 N–H and O–H groups in total. The third-order valence-electron chi connectivity index (χ3n) is 2.47. The highest BCUT2D eigenvalue weighted by molar-refractivity contribution is 5.89. The molecule has 94 valence electrons. The predicted molar refractivity (Wildman–Crippen MR) is 70.2 cm³/mol. The van der Waals surface area contributed by atoms with Crippen molar-refractivity contribution in [1.29, 1.82) is 0 Å². The third-order valence-corrected chi connectivity index (χ3v) is 2.47. The number of carbonyl (C=O) groups is 1. The van der Waals surface area contributed by atoms with E-state index in [-0.39, 0.29) is 5.91 Å². The summed E-state index contributed by atoms with van der Waals surface area (Å²) in [7, 11) is 0. The summed E-state index contributed by atoms with van der Waals surface area (Å²) in [4.78, 5) is 11.2. The molecule has 1 unspecified atom stereocenters. The van der Waals surface area contributed by atoms with Crippen molar-refractivity contribution in [2.45, 2.75) is 13.0 Å². The first-order valence-corrected chi connectivity index (χ1v) is 5.68. The van der Waals surface area contributed by atoms with Crippen LogP contribution in [0.3, 0.4) is 0 Å². The van der Waals surface area contributed by atoms with Gasteiger partial charge in [0.1, 0.15) is 12.4 Å². The lowest BCUT2D eigenvalue weighted by atomic mass is 10.1. The minimum atomic E-state index is -0.570. The monoisotopic (exact) mass is 245 g/mol. The summed E-state index contributed by atoms with van der Waals surface area (Å²) in [5.41, 5.74) is 9.65. The average Bonchev–Trinajstić information content (AvgIpc) is 2.38. The number of nitrogens with zero attached hydrogens (tertiary/aromatic N) is 1. The minimum Gasteiger partial charge on any atom is -0.488 e. The van der Waals surface area contributed by atoms with Crippen LogP contribution in [-0.4, -0.2) is 24.8 Å². The van der Waals surface area contributed by atoms with Crippen molar-refractivity contribution < 1.29 is 9.53 Å². The molecule has 0 fully saturated rings. The van der Waals surface area contributed by atoms with Crippen molar-refractivity contribution in [1.82, 2.24) is 5.43 Å². The van der Waals surface area contributed by atoms with E-state index in [9.17, 15) is 4.79 Å². The van der Waals surface area contributed by atoms with Crippen LogP contribution in [0.5, 0.6) is 5.75 Å². The number of fused-ring (bicyclic) bond motifs is 1. The van der Waals surface area contributed by atoms with Gasteiger partial charge in [-0.2, -0.15) is 5.10 Å². The number of benzene rings is 1. The maximum Gasteiger partial charge on any atom is 0.256 e. The molecule has 1 aromatic carbocycles. The first kappa shape index (κ1) is 12.3. The van der Waals surface area contributed by atoms with Gasteiger partial charge in [-0.1, -0.05) is 18.2 Å². The number of rotatable bonds is 3. The molecule has 0 spiro atoms. The number of hydrazone groups is 1. The molecule has 5 nitrogen and oxygen atoms in total. The van der Waals surface area contributed by atoms with E-state index in [0.717, 1.165) is 16.9 Å². The largest absolute Gasteiger partial charge is 0.488 e. The smallest absolute Gasteiger partial charge is 0.256 e. The molecule has 1 aliphatic heterocycles. The van der Waals surface area contributed by atoms with Gasteiger partial charge < -0.3 is 10.5 Å². The predicted octanol–water partition coefficient (Wildman–Crippen LogP) is 0.912. The van der Waals surface area contributed by atoms with Crippen molar-refractivity contribution in [3.8, 4) is 5.75 Å². The van der Waals surface area contributed by atoms with E-state index in [0.29, 0.717) is 6.61 Å². The summed E-state index contributed by atoms with van der Waals surface area (Å²) in [6.45, 7) is 2.04. The van der Waals surface area contributed by atoms with Crippen LogP contribution in [0.2, 0.25) is 0 Å². The standard InChI is InChI=1S/C13H15N3O2/c1-9(14)13(17)16-15-7-10-6-11-4-2-3-5-12(11)18-8-10/h2-7,9H,8,14H2,1H3,(H,16,17). The molecule has 1 aromatic rings. The quantitative estimate of drug-likeness (QED) is 0.614. The Bertz CT molecular complexity index is 507. The zero-order valence-corrected chi connectivity index (χ0v) is 10.1. The molecular formula is C13H15N3O2. The Morgan fingerprint density at radius 3 is 3.11 bits per heavy atom. The number of para-hydroxylation sites is 1. The molecule has 1 atom stereocenters. The lowest BCUT2D eigenvalue weighted by Crippen LogP contribution is -2.35. The number of amides is 1. The van der Waals surface area contributed by atoms with Crippen molar-refractivity contribution >= 4 is 18.2 Å². The summed E-state index contributed by atoms with van der Waals surface area (Å²) in [6, 6.07) is 7.17. The number of nitrogens with one attached hydrogen (secondary N) is 1. The summed E-state index contributed by atoms with van der Waals surface area (Å²) in [5, 5.41) is 3.84. The fourth-order valence-electron chi connectivity index (χ4n) is 1.49. The molecule has 1 amide bonds. The summed E-state index contributed by atoms with van der Waals surface area (Å²) in [6.07, 6.45) is 3.54. The van der Waals surface area contributed by atoms with Gasteiger partial charge in [0, 0.05) is 11.1 Å². The van der Waals surface area contributed by atoms with Crippen LogP contribution in [0.15, 0.2) is 34.9 Å². The summed E-state index contributed by atoms with van der Waals surface area (Å²) in [5.74, 6) is 0.540. The Morgan fingerprint density at radius 1 is 1.56 bits per heavy atom. The molecular weight excluding hydrogens is 230 g/mol. The second kappa shape index (κ2) is 5.46. The molecule has 5 heteroatoms. The molecule has 1 heterocycles. The van der Waals surface area contributed by atoms with E-state index < -0.39 is 6.04 Å². The van der Waals surface area contributed by atoms with Gasteiger partial charge >= 0.3 is 0 Å². The van der Waals surface area contributed by atoms with Crippen LogP contribution in [0.25, 0.3) is 6.08 Å². The van der Waals surface area contributed by atoms with E-state index in [4.69, 9.17) is 10.5 Å². The van der Waals surface area contributed by atoms with Gasteiger partial charge in [0.05, 0.1) is 12.3 Å². The van der Waals surface area contributed by atoms with Crippen LogP contribution in [0.4, 0.5) is 0 Å². The van der Waals surface area contributed by atoms with E-state index in [2.05, 4.69) is 10.5 Å². The first-order chi connectivity index (χ1) is 8.66. The van der Waals surface area contributed by atoms with Crippen LogP contribution < -0.4 is 15.9 Å². The van der Waals surface area contributed by atoms with Crippen LogP contribution in [0.1, 0.15) is 12.5 Å². The topological polar surface area (TPSA) is 76.7 Å². The normalized spacial score (nSPS) is 15.6. The van der Waals surface area contributed by atoms with E-state index in [1.807, 2.05) is 30.3 Å². The fourth-order valence-corrected chi connectivity index (χ4v) is 1.49. The Hall–Kier alpha value is -2.14. The van der Waals surface area contributed by atoms with Crippen molar-refractivity contribution in [3.05, 3.63) is 35.4 Å². The highest BCUT2D eigenvalue weighted by atomic mass is 16.5. The molecule has 0 saturated heterocycles. The highest BCUT2D eigenvalue weighted by Crippen LogP contribution is 2.24. The van der Waals surface area contributed by atoms with Crippen molar-refractivity contribution in [2.75, 3.05) is 6.61 Å². The summed E-state index contributed by atoms with van der Waals surface area (Å²) >= 11 is 0. The first-order valence-electron chi connectivity index (χ1n) is 5.68. The Kier molecular flexibility index (Phi) is 3.74. The fraction of sp³-hybridized carbons (Fsp3) is 0.231. The maximum atomic E-state index is 11.2. The van der Waals surface area contributed by atoms with Crippen LogP contribution >= 0.6 is 0 Å². The lowest BCUT2D eigenvalue weighted by Gasteiger charge is -2.15. The van der Waals surface area contributed by atoms with Gasteiger partial charge in [0.2, 0.25) is 0 Å². The second-order valence-electron chi connectivity index (χ2n) is 4.07. The van der Waals surface area contributed by atoms with Gasteiger partial charge in [0.15, 0.2) is 0 Å². The van der Waals surface area contributed by atoms with E-state index in [1.54, 1.807) is 13.1 Å². The Morgan fingerprint density at radius 2 is 2.33 bits per heavy atom. The van der Waals surface area contributed by atoms with Gasteiger partial charge in [0.25, 0.3) is 5.91 Å². The number of carbonyl (C=O) groups excluding carboxylic acids is 1. The Labute approximate surface area is 105 Å². The minimum absolute atomic E-state index is 0.316. The molecule has 0 radical (unpaired) electrons. The number of hydrogen-bond donors (Lipinski definition) is 2. The van der Waals surface area contributed by atoms with Gasteiger partial charge in [-0.25, -0.2) is 5.43 Å². The zero-order chi connectivity index (χ0) is 13.0. The van der Waals surface area contributed by atoms with Gasteiger partial charge in [-0.3, -0.25) is 4.79 Å². The molecule has 18 heavy (non-hydrogen) atoms. The Balaban J connectivity index is 2.02. The molecule has 1 aliphatic rings. The van der Waals surface area contributed by atoms with E-state index in [1.165, 1.54) is 0 Å². The molecule has 0 saturated carbocycles. The van der Waals surface area contributed by atoms with Gasteiger partial charge in [-0.15, -0.1) is 0 Å². The maximum absolute atomic E-state index is 11.2. The number of nitrogens with two attached hydrogens (primary N) is 1. The number of ether oxygens (including phenoxy) is 1. The van der Waals surface area contributed by atoms with Crippen LogP contribution in [0, 0.1) is 0 Å². The van der Waals surface area contributed by atoms with Crippen LogP contribution in [-0.2, 0) is 4.79 Å². The molecule has 0 aromatic heterocycles. The third kappa shape index (κ3) is 2.95. The highest BCUT2D eigenvalue weighted by Gasteiger charge is 2.09.